The van der Waals surface area contributed by atoms with Crippen molar-refractivity contribution < 1.29 is 23.6 Å². The summed E-state index contributed by atoms with van der Waals surface area (Å²) in [6.07, 6.45) is 1.44. The lowest BCUT2D eigenvalue weighted by molar-refractivity contribution is -0.384. The van der Waals surface area contributed by atoms with Crippen LogP contribution in [-0.2, 0) is 14.3 Å². The van der Waals surface area contributed by atoms with Gasteiger partial charge in [0.2, 0.25) is 0 Å². The highest BCUT2D eigenvalue weighted by Crippen LogP contribution is 2.36. The standard InChI is InChI=1S/C20H14ClFN2O5/c1-11-18(20(26)29-2)15(9-12-3-5-13(6-4-12)24(27)28)19(25)23(11)14-7-8-17(22)16(21)10-14/h3-10H,1-2H3/b15-9-. The minimum Gasteiger partial charge on any atom is -0.465 e. The van der Waals surface area contributed by atoms with Crippen LogP contribution in [0.3, 0.4) is 0 Å². The third-order valence-corrected chi connectivity index (χ3v) is 4.66. The second-order valence-electron chi connectivity index (χ2n) is 6.10. The van der Waals surface area contributed by atoms with Crippen molar-refractivity contribution in [1.82, 2.24) is 0 Å². The SMILES string of the molecule is COC(=O)C1=C(C)N(c2ccc(F)c(Cl)c2)C(=O)/C1=C\c1ccc([N+](=O)[O-])cc1. The summed E-state index contributed by atoms with van der Waals surface area (Å²) in [6.45, 7) is 1.55. The Balaban J connectivity index is 2.11. The highest BCUT2D eigenvalue weighted by molar-refractivity contribution is 6.31. The van der Waals surface area contributed by atoms with Crippen LogP contribution >= 0.6 is 11.6 Å². The van der Waals surface area contributed by atoms with Crippen LogP contribution in [0, 0.1) is 15.9 Å². The van der Waals surface area contributed by atoms with Gasteiger partial charge < -0.3 is 4.74 Å². The number of anilines is 1. The average Bonchev–Trinajstić information content (AvgIpc) is 2.94. The largest absolute Gasteiger partial charge is 0.465 e. The highest BCUT2D eigenvalue weighted by atomic mass is 35.5. The van der Waals surface area contributed by atoms with Crippen molar-refractivity contribution in [1.29, 1.82) is 0 Å². The lowest BCUT2D eigenvalue weighted by atomic mass is 10.0. The number of amides is 1. The molecule has 0 N–H and O–H groups in total. The number of carbonyl (C=O) groups excluding carboxylic acids is 2. The number of ether oxygens (including phenoxy) is 1. The van der Waals surface area contributed by atoms with Crippen LogP contribution in [0.2, 0.25) is 5.02 Å². The number of rotatable bonds is 4. The van der Waals surface area contributed by atoms with Gasteiger partial charge in [-0.3, -0.25) is 19.8 Å². The molecule has 0 unspecified atom stereocenters. The van der Waals surface area contributed by atoms with E-state index in [2.05, 4.69) is 0 Å². The molecule has 0 radical (unpaired) electrons. The monoisotopic (exact) mass is 416 g/mol. The van der Waals surface area contributed by atoms with Crippen molar-refractivity contribution in [3.05, 3.63) is 85.8 Å². The lowest BCUT2D eigenvalue weighted by Gasteiger charge is -2.18. The molecule has 2 aromatic rings. The first-order valence-electron chi connectivity index (χ1n) is 8.29. The van der Waals surface area contributed by atoms with Gasteiger partial charge in [-0.25, -0.2) is 9.18 Å². The molecule has 7 nitrogen and oxygen atoms in total. The molecule has 9 heteroatoms. The van der Waals surface area contributed by atoms with Gasteiger partial charge >= 0.3 is 5.97 Å². The number of nitro benzene ring substituents is 1. The molecule has 3 rings (SSSR count). The zero-order chi connectivity index (χ0) is 21.3. The summed E-state index contributed by atoms with van der Waals surface area (Å²) in [5, 5.41) is 10.6. The van der Waals surface area contributed by atoms with E-state index in [0.717, 1.165) is 6.07 Å². The molecule has 0 saturated heterocycles. The molecule has 0 saturated carbocycles. The van der Waals surface area contributed by atoms with Gasteiger partial charge in [0.25, 0.3) is 11.6 Å². The van der Waals surface area contributed by atoms with E-state index in [1.54, 1.807) is 6.92 Å². The second-order valence-corrected chi connectivity index (χ2v) is 6.50. The highest BCUT2D eigenvalue weighted by Gasteiger charge is 2.38. The van der Waals surface area contributed by atoms with E-state index in [4.69, 9.17) is 16.3 Å². The molecule has 1 aliphatic heterocycles. The Hall–Kier alpha value is -3.52. The second kappa shape index (κ2) is 7.84. The molecule has 0 aliphatic carbocycles. The zero-order valence-electron chi connectivity index (χ0n) is 15.3. The van der Waals surface area contributed by atoms with Gasteiger partial charge in [-0.2, -0.15) is 0 Å². The van der Waals surface area contributed by atoms with Crippen LogP contribution in [-0.4, -0.2) is 23.9 Å². The number of hydrogen-bond donors (Lipinski definition) is 0. The van der Waals surface area contributed by atoms with E-state index < -0.39 is 22.6 Å². The Morgan fingerprint density at radius 1 is 1.24 bits per heavy atom. The lowest BCUT2D eigenvalue weighted by Crippen LogP contribution is -2.24. The molecule has 1 amide bonds. The van der Waals surface area contributed by atoms with Crippen LogP contribution in [0.4, 0.5) is 15.8 Å². The molecular weight excluding hydrogens is 403 g/mol. The molecule has 0 aromatic heterocycles. The maximum Gasteiger partial charge on any atom is 0.340 e. The summed E-state index contributed by atoms with van der Waals surface area (Å²) in [7, 11) is 1.19. The van der Waals surface area contributed by atoms with Crippen molar-refractivity contribution in [2.24, 2.45) is 0 Å². The van der Waals surface area contributed by atoms with Crippen LogP contribution < -0.4 is 4.90 Å². The maximum atomic E-state index is 13.5. The number of halogens is 2. The molecule has 1 aliphatic rings. The molecule has 29 heavy (non-hydrogen) atoms. The summed E-state index contributed by atoms with van der Waals surface area (Å²) in [5.74, 6) is -1.90. The third kappa shape index (κ3) is 3.74. The predicted molar refractivity (Wildman–Crippen MR) is 105 cm³/mol. The van der Waals surface area contributed by atoms with Crippen molar-refractivity contribution in [2.45, 2.75) is 6.92 Å². The smallest absolute Gasteiger partial charge is 0.340 e. The van der Waals surface area contributed by atoms with Crippen molar-refractivity contribution in [3.63, 3.8) is 0 Å². The Kier molecular flexibility index (Phi) is 5.47. The first-order valence-corrected chi connectivity index (χ1v) is 8.67. The number of benzene rings is 2. The number of nitro groups is 1. The zero-order valence-corrected chi connectivity index (χ0v) is 16.1. The van der Waals surface area contributed by atoms with Gasteiger partial charge in [0.15, 0.2) is 0 Å². The molecule has 0 spiro atoms. The summed E-state index contributed by atoms with van der Waals surface area (Å²) in [4.78, 5) is 36.9. The molecule has 148 valence electrons. The predicted octanol–water partition coefficient (Wildman–Crippen LogP) is 4.26. The minimum absolute atomic E-state index is 0.0382. The Morgan fingerprint density at radius 2 is 1.90 bits per heavy atom. The van der Waals surface area contributed by atoms with Crippen molar-refractivity contribution in [2.75, 3.05) is 12.0 Å². The Morgan fingerprint density at radius 3 is 2.45 bits per heavy atom. The number of non-ortho nitro benzene ring substituents is 1. The number of nitrogens with zero attached hydrogens (tertiary/aromatic N) is 2. The van der Waals surface area contributed by atoms with E-state index in [-0.39, 0.29) is 33.2 Å². The van der Waals surface area contributed by atoms with Gasteiger partial charge in [-0.1, -0.05) is 11.6 Å². The summed E-state index contributed by atoms with van der Waals surface area (Å²) >= 11 is 5.83. The van der Waals surface area contributed by atoms with E-state index >= 15 is 0 Å². The molecule has 1 heterocycles. The van der Waals surface area contributed by atoms with E-state index in [0.29, 0.717) is 5.56 Å². The minimum atomic E-state index is -0.722. The van der Waals surface area contributed by atoms with E-state index in [1.165, 1.54) is 54.5 Å². The summed E-state index contributed by atoms with van der Waals surface area (Å²) in [6, 6.07) is 9.26. The fourth-order valence-electron chi connectivity index (χ4n) is 2.97. The maximum absolute atomic E-state index is 13.5. The van der Waals surface area contributed by atoms with Gasteiger partial charge in [-0.15, -0.1) is 0 Å². The van der Waals surface area contributed by atoms with Crippen molar-refractivity contribution >= 4 is 40.9 Å². The first kappa shape index (κ1) is 20.2. The molecular formula is C20H14ClFN2O5. The number of esters is 1. The molecule has 0 atom stereocenters. The fraction of sp³-hybridized carbons (Fsp3) is 0.100. The molecule has 0 fully saturated rings. The average molecular weight is 417 g/mol. The Bertz CT molecular complexity index is 1090. The number of methoxy groups -OCH3 is 1. The number of hydrogen-bond acceptors (Lipinski definition) is 5. The number of allylic oxidation sites excluding steroid dienone is 1. The van der Waals surface area contributed by atoms with E-state index in [1.807, 2.05) is 0 Å². The van der Waals surface area contributed by atoms with Crippen molar-refractivity contribution in [3.8, 4) is 0 Å². The van der Waals surface area contributed by atoms with Gasteiger partial charge in [0, 0.05) is 17.8 Å². The Labute approximate surface area is 169 Å². The quantitative estimate of drug-likeness (QED) is 0.321. The normalized spacial score (nSPS) is 15.2. The topological polar surface area (TPSA) is 89.8 Å². The fourth-order valence-corrected chi connectivity index (χ4v) is 3.15. The van der Waals surface area contributed by atoms with Crippen LogP contribution in [0.1, 0.15) is 12.5 Å². The van der Waals surface area contributed by atoms with Crippen LogP contribution in [0.15, 0.2) is 59.3 Å². The third-order valence-electron chi connectivity index (χ3n) is 4.37. The summed E-state index contributed by atoms with van der Waals surface area (Å²) in [5.41, 5.74) is 1.03. The molecule has 2 aromatic carbocycles. The van der Waals surface area contributed by atoms with Crippen LogP contribution in [0.5, 0.6) is 0 Å². The van der Waals surface area contributed by atoms with Gasteiger partial charge in [0.1, 0.15) is 5.82 Å². The first-order chi connectivity index (χ1) is 13.7. The van der Waals surface area contributed by atoms with Gasteiger partial charge in [-0.05, 0) is 48.9 Å². The molecule has 0 bridgehead atoms. The summed E-state index contributed by atoms with van der Waals surface area (Å²) < 4.78 is 18.3. The van der Waals surface area contributed by atoms with E-state index in [9.17, 15) is 24.1 Å². The van der Waals surface area contributed by atoms with Gasteiger partial charge in [0.05, 0.1) is 33.9 Å². The number of carbonyl (C=O) groups is 2. The van der Waals surface area contributed by atoms with Crippen LogP contribution in [0.25, 0.3) is 6.08 Å².